The summed E-state index contributed by atoms with van der Waals surface area (Å²) in [4.78, 5) is 6.99. The second-order valence-electron chi connectivity index (χ2n) is 5.77. The highest BCUT2D eigenvalue weighted by atomic mass is 15.3. The third kappa shape index (κ3) is 2.21. The molecule has 3 aromatic rings. The van der Waals surface area contributed by atoms with Gasteiger partial charge in [-0.1, -0.05) is 30.3 Å². The SMILES string of the molecule is Cc1ccccc1N1c2ccccc2N=Cc2ccc[n+](C)c21. The smallest absolute Gasteiger partial charge is 0.251 e. The van der Waals surface area contributed by atoms with Crippen molar-refractivity contribution in [3.63, 3.8) is 0 Å². The Balaban J connectivity index is 2.08. The van der Waals surface area contributed by atoms with Crippen molar-refractivity contribution in [2.75, 3.05) is 4.90 Å². The summed E-state index contributed by atoms with van der Waals surface area (Å²) < 4.78 is 2.15. The molecular formula is C20H18N3+. The predicted octanol–water partition coefficient (Wildman–Crippen LogP) is 4.35. The van der Waals surface area contributed by atoms with Gasteiger partial charge in [-0.15, -0.1) is 0 Å². The molecule has 112 valence electrons. The first kappa shape index (κ1) is 13.7. The maximum atomic E-state index is 4.69. The molecule has 1 aromatic heterocycles. The fourth-order valence-electron chi connectivity index (χ4n) is 3.09. The minimum atomic E-state index is 0.979. The molecule has 3 nitrogen and oxygen atoms in total. The number of pyridine rings is 1. The van der Waals surface area contributed by atoms with Gasteiger partial charge in [0.1, 0.15) is 11.4 Å². The number of nitrogens with zero attached hydrogens (tertiary/aromatic N) is 3. The average Bonchev–Trinajstić information content (AvgIpc) is 2.74. The summed E-state index contributed by atoms with van der Waals surface area (Å²) in [5.41, 5.74) is 5.59. The molecule has 2 aromatic carbocycles. The molecule has 3 heteroatoms. The minimum Gasteiger partial charge on any atom is -0.251 e. The number of fused-ring (bicyclic) bond motifs is 2. The van der Waals surface area contributed by atoms with Crippen LogP contribution < -0.4 is 9.47 Å². The summed E-state index contributed by atoms with van der Waals surface area (Å²) in [6.45, 7) is 2.15. The number of para-hydroxylation sites is 3. The lowest BCUT2D eigenvalue weighted by molar-refractivity contribution is -0.658. The third-order valence-corrected chi connectivity index (χ3v) is 4.21. The number of anilines is 3. The molecule has 1 aliphatic heterocycles. The number of rotatable bonds is 1. The Labute approximate surface area is 136 Å². The van der Waals surface area contributed by atoms with E-state index in [1.807, 2.05) is 12.3 Å². The first-order chi connectivity index (χ1) is 11.3. The van der Waals surface area contributed by atoms with Crippen LogP contribution in [0.15, 0.2) is 71.9 Å². The van der Waals surface area contributed by atoms with Gasteiger partial charge in [0.25, 0.3) is 5.82 Å². The topological polar surface area (TPSA) is 19.5 Å². The first-order valence-electron chi connectivity index (χ1n) is 7.73. The van der Waals surface area contributed by atoms with Gasteiger partial charge in [0.2, 0.25) is 0 Å². The molecule has 0 unspecified atom stereocenters. The van der Waals surface area contributed by atoms with Crippen molar-refractivity contribution in [2.24, 2.45) is 12.0 Å². The standard InChI is InChI=1S/C20H18N3/c1-15-8-3-5-11-18(15)23-19-12-6-4-10-17(19)21-14-16-9-7-13-22(2)20(16)23/h3-14H,1-2H3/q+1. The van der Waals surface area contributed by atoms with Gasteiger partial charge in [0.05, 0.1) is 18.8 Å². The van der Waals surface area contributed by atoms with Crippen molar-refractivity contribution in [1.29, 1.82) is 0 Å². The van der Waals surface area contributed by atoms with Crippen LogP contribution in [0.3, 0.4) is 0 Å². The van der Waals surface area contributed by atoms with Gasteiger partial charge in [-0.05, 0) is 42.8 Å². The fourth-order valence-corrected chi connectivity index (χ4v) is 3.09. The van der Waals surface area contributed by atoms with Crippen molar-refractivity contribution in [1.82, 2.24) is 0 Å². The zero-order valence-corrected chi connectivity index (χ0v) is 13.3. The largest absolute Gasteiger partial charge is 0.295 e. The number of hydrogen-bond donors (Lipinski definition) is 0. The molecular weight excluding hydrogens is 282 g/mol. The van der Waals surface area contributed by atoms with E-state index in [0.29, 0.717) is 0 Å². The van der Waals surface area contributed by atoms with Gasteiger partial charge in [-0.25, -0.2) is 4.57 Å². The van der Waals surface area contributed by atoms with Crippen LogP contribution in [0.1, 0.15) is 11.1 Å². The molecule has 0 saturated carbocycles. The molecule has 0 bridgehead atoms. The Morgan fingerprint density at radius 3 is 2.43 bits per heavy atom. The van der Waals surface area contributed by atoms with Crippen LogP contribution in [-0.4, -0.2) is 6.21 Å². The average molecular weight is 300 g/mol. The van der Waals surface area contributed by atoms with E-state index in [4.69, 9.17) is 4.99 Å². The fraction of sp³-hybridized carbons (Fsp3) is 0.100. The van der Waals surface area contributed by atoms with Gasteiger partial charge < -0.3 is 0 Å². The van der Waals surface area contributed by atoms with Crippen LogP contribution in [0, 0.1) is 6.92 Å². The maximum Gasteiger partial charge on any atom is 0.295 e. The second-order valence-corrected chi connectivity index (χ2v) is 5.77. The van der Waals surface area contributed by atoms with Crippen molar-refractivity contribution < 1.29 is 4.57 Å². The summed E-state index contributed by atoms with van der Waals surface area (Å²) in [6, 6.07) is 20.9. The highest BCUT2D eigenvalue weighted by Gasteiger charge is 2.31. The zero-order valence-electron chi connectivity index (χ0n) is 13.3. The maximum absolute atomic E-state index is 4.69. The summed E-state index contributed by atoms with van der Waals surface area (Å²) in [5, 5.41) is 0. The predicted molar refractivity (Wildman–Crippen MR) is 94.3 cm³/mol. The van der Waals surface area contributed by atoms with E-state index in [-0.39, 0.29) is 0 Å². The highest BCUT2D eigenvalue weighted by Crippen LogP contribution is 2.42. The van der Waals surface area contributed by atoms with Crippen molar-refractivity contribution >= 4 is 29.1 Å². The van der Waals surface area contributed by atoms with Gasteiger partial charge in [-0.3, -0.25) is 4.99 Å². The quantitative estimate of drug-likeness (QED) is 0.478. The number of aromatic nitrogens is 1. The number of benzene rings is 2. The molecule has 0 saturated heterocycles. The van der Waals surface area contributed by atoms with E-state index < -0.39 is 0 Å². The molecule has 0 N–H and O–H groups in total. The van der Waals surface area contributed by atoms with Crippen molar-refractivity contribution in [2.45, 2.75) is 6.92 Å². The summed E-state index contributed by atoms with van der Waals surface area (Å²) in [7, 11) is 2.08. The van der Waals surface area contributed by atoms with Crippen LogP contribution in [0.4, 0.5) is 22.9 Å². The molecule has 0 radical (unpaired) electrons. The van der Waals surface area contributed by atoms with E-state index in [2.05, 4.69) is 84.2 Å². The highest BCUT2D eigenvalue weighted by molar-refractivity contribution is 5.97. The summed E-state index contributed by atoms with van der Waals surface area (Å²) in [5.74, 6) is 1.12. The van der Waals surface area contributed by atoms with E-state index in [0.717, 1.165) is 22.8 Å². The lowest BCUT2D eigenvalue weighted by atomic mass is 10.1. The van der Waals surface area contributed by atoms with Gasteiger partial charge >= 0.3 is 0 Å². The Morgan fingerprint density at radius 1 is 0.870 bits per heavy atom. The van der Waals surface area contributed by atoms with Gasteiger partial charge in [0.15, 0.2) is 5.69 Å². The Bertz CT molecular complexity index is 912. The number of aryl methyl sites for hydroxylation is 2. The van der Waals surface area contributed by atoms with Crippen LogP contribution >= 0.6 is 0 Å². The zero-order chi connectivity index (χ0) is 15.8. The lowest BCUT2D eigenvalue weighted by Crippen LogP contribution is -2.36. The molecule has 4 rings (SSSR count). The van der Waals surface area contributed by atoms with Crippen LogP contribution in [0.5, 0.6) is 0 Å². The van der Waals surface area contributed by atoms with Gasteiger partial charge in [0, 0.05) is 6.21 Å². The Kier molecular flexibility index (Phi) is 3.19. The van der Waals surface area contributed by atoms with Crippen molar-refractivity contribution in [3.8, 4) is 0 Å². The van der Waals surface area contributed by atoms with Gasteiger partial charge in [-0.2, -0.15) is 4.90 Å². The number of hydrogen-bond acceptors (Lipinski definition) is 2. The molecule has 23 heavy (non-hydrogen) atoms. The second kappa shape index (κ2) is 5.36. The summed E-state index contributed by atoms with van der Waals surface area (Å²) >= 11 is 0. The molecule has 0 atom stereocenters. The minimum absolute atomic E-state index is 0.979. The van der Waals surface area contributed by atoms with E-state index >= 15 is 0 Å². The lowest BCUT2D eigenvalue weighted by Gasteiger charge is -2.20. The van der Waals surface area contributed by atoms with Crippen molar-refractivity contribution in [3.05, 3.63) is 78.0 Å². The molecule has 1 aliphatic rings. The van der Waals surface area contributed by atoms with E-state index in [1.54, 1.807) is 0 Å². The van der Waals surface area contributed by atoms with Crippen LogP contribution in [0.2, 0.25) is 0 Å². The molecule has 2 heterocycles. The Morgan fingerprint density at radius 2 is 1.61 bits per heavy atom. The van der Waals surface area contributed by atoms with Crippen LogP contribution in [-0.2, 0) is 7.05 Å². The summed E-state index contributed by atoms with van der Waals surface area (Å²) in [6.07, 6.45) is 4.03. The van der Waals surface area contributed by atoms with E-state index in [1.165, 1.54) is 11.3 Å². The molecule has 0 amide bonds. The normalized spacial score (nSPS) is 12.5. The Hall–Kier alpha value is -2.94. The van der Waals surface area contributed by atoms with Crippen LogP contribution in [0.25, 0.3) is 0 Å². The number of aliphatic imine (C=N–C) groups is 1. The van der Waals surface area contributed by atoms with E-state index in [9.17, 15) is 0 Å². The molecule has 0 aliphatic carbocycles. The first-order valence-corrected chi connectivity index (χ1v) is 7.73. The third-order valence-electron chi connectivity index (χ3n) is 4.21. The monoisotopic (exact) mass is 300 g/mol. The molecule has 0 spiro atoms. The molecule has 0 fully saturated rings.